The van der Waals surface area contributed by atoms with Gasteiger partial charge >= 0.3 is 0 Å². The average molecular weight is 400 g/mol. The molecule has 29 heavy (non-hydrogen) atoms. The van der Waals surface area contributed by atoms with Crippen LogP contribution in [0.3, 0.4) is 0 Å². The van der Waals surface area contributed by atoms with Gasteiger partial charge in [-0.1, -0.05) is 6.07 Å². The van der Waals surface area contributed by atoms with Crippen LogP contribution in [0.2, 0.25) is 0 Å². The second-order valence-electron chi connectivity index (χ2n) is 6.83. The summed E-state index contributed by atoms with van der Waals surface area (Å²) in [6.07, 6.45) is -0.454. The number of benzene rings is 2. The number of phenolic OH excluding ortho intramolecular Hbond substituents is 2. The summed E-state index contributed by atoms with van der Waals surface area (Å²) in [4.78, 5) is 12.5. The van der Waals surface area contributed by atoms with Crippen LogP contribution in [0.25, 0.3) is 0 Å². The van der Waals surface area contributed by atoms with Gasteiger partial charge in [0.05, 0.1) is 32.2 Å². The first-order chi connectivity index (χ1) is 13.9. The van der Waals surface area contributed by atoms with Gasteiger partial charge in [0.2, 0.25) is 6.29 Å². The van der Waals surface area contributed by atoms with E-state index < -0.39 is 24.2 Å². The molecule has 0 radical (unpaired) electrons. The van der Waals surface area contributed by atoms with Crippen molar-refractivity contribution in [1.29, 1.82) is 0 Å². The number of aliphatic hydroxyl groups is 1. The third-order valence-electron chi connectivity index (χ3n) is 5.18. The van der Waals surface area contributed by atoms with Crippen molar-refractivity contribution in [1.82, 2.24) is 0 Å². The SMILES string of the molecule is COc1cc(O[C@H]2O[C@@H](c3ccc(O)c(OC)c3)[C@H]3C(=O)C=C(O)[C@@H]23)ccc1O. The van der Waals surface area contributed by atoms with Crippen LogP contribution in [0.5, 0.6) is 28.7 Å². The summed E-state index contributed by atoms with van der Waals surface area (Å²) in [6, 6.07) is 9.11. The Morgan fingerprint density at radius 1 is 0.897 bits per heavy atom. The molecule has 0 saturated carbocycles. The van der Waals surface area contributed by atoms with Crippen molar-refractivity contribution in [2.24, 2.45) is 11.8 Å². The maximum Gasteiger partial charge on any atom is 0.211 e. The van der Waals surface area contributed by atoms with Crippen LogP contribution >= 0.6 is 0 Å². The van der Waals surface area contributed by atoms with Crippen molar-refractivity contribution < 1.29 is 39.1 Å². The van der Waals surface area contributed by atoms with Crippen LogP contribution in [-0.2, 0) is 9.53 Å². The lowest BCUT2D eigenvalue weighted by molar-refractivity contribution is -0.120. The van der Waals surface area contributed by atoms with Crippen molar-refractivity contribution in [3.63, 3.8) is 0 Å². The fourth-order valence-electron chi connectivity index (χ4n) is 3.78. The molecular formula is C21H20O8. The molecule has 1 aliphatic carbocycles. The van der Waals surface area contributed by atoms with Crippen molar-refractivity contribution in [3.05, 3.63) is 53.8 Å². The highest BCUT2D eigenvalue weighted by atomic mass is 16.7. The zero-order chi connectivity index (χ0) is 20.7. The lowest BCUT2D eigenvalue weighted by atomic mass is 9.87. The number of ketones is 1. The van der Waals surface area contributed by atoms with E-state index in [0.717, 1.165) is 0 Å². The molecule has 2 aliphatic rings. The fourth-order valence-corrected chi connectivity index (χ4v) is 3.78. The van der Waals surface area contributed by atoms with Gasteiger partial charge in [-0.15, -0.1) is 0 Å². The first-order valence-electron chi connectivity index (χ1n) is 8.93. The number of phenols is 2. The van der Waals surface area contributed by atoms with Gasteiger partial charge in [0.25, 0.3) is 0 Å². The highest BCUT2D eigenvalue weighted by molar-refractivity contribution is 5.96. The summed E-state index contributed by atoms with van der Waals surface area (Å²) in [5.41, 5.74) is 0.612. The Kier molecular flexibility index (Phi) is 4.71. The van der Waals surface area contributed by atoms with Gasteiger partial charge in [0, 0.05) is 12.1 Å². The highest BCUT2D eigenvalue weighted by Crippen LogP contribution is 2.50. The minimum Gasteiger partial charge on any atom is -0.512 e. The Morgan fingerprint density at radius 2 is 1.55 bits per heavy atom. The van der Waals surface area contributed by atoms with Crippen molar-refractivity contribution in [2.75, 3.05) is 14.2 Å². The number of allylic oxidation sites excluding steroid dienone is 1. The van der Waals surface area contributed by atoms with Crippen molar-refractivity contribution in [3.8, 4) is 28.7 Å². The van der Waals surface area contributed by atoms with E-state index in [4.69, 9.17) is 18.9 Å². The van der Waals surface area contributed by atoms with Crippen LogP contribution < -0.4 is 14.2 Å². The fraction of sp³-hybridized carbons (Fsp3) is 0.286. The normalized spacial score (nSPS) is 25.4. The first-order valence-corrected chi connectivity index (χ1v) is 8.93. The first kappa shape index (κ1) is 18.9. The van der Waals surface area contributed by atoms with E-state index in [-0.39, 0.29) is 34.5 Å². The molecule has 1 fully saturated rings. The molecule has 2 aromatic rings. The summed E-state index contributed by atoms with van der Waals surface area (Å²) in [6.45, 7) is 0. The molecule has 2 aromatic carbocycles. The second-order valence-corrected chi connectivity index (χ2v) is 6.83. The smallest absolute Gasteiger partial charge is 0.211 e. The van der Waals surface area contributed by atoms with Gasteiger partial charge in [0.15, 0.2) is 28.8 Å². The molecule has 1 saturated heterocycles. The number of ether oxygens (including phenoxy) is 4. The van der Waals surface area contributed by atoms with E-state index in [1.54, 1.807) is 12.1 Å². The van der Waals surface area contributed by atoms with E-state index in [1.807, 2.05) is 0 Å². The molecule has 0 unspecified atom stereocenters. The number of methoxy groups -OCH3 is 2. The van der Waals surface area contributed by atoms with E-state index in [9.17, 15) is 20.1 Å². The highest BCUT2D eigenvalue weighted by Gasteiger charge is 2.55. The number of aliphatic hydroxyl groups excluding tert-OH is 1. The van der Waals surface area contributed by atoms with Crippen molar-refractivity contribution in [2.45, 2.75) is 12.4 Å². The van der Waals surface area contributed by atoms with Crippen LogP contribution in [0.1, 0.15) is 11.7 Å². The van der Waals surface area contributed by atoms with Gasteiger partial charge in [-0.3, -0.25) is 4.79 Å². The van der Waals surface area contributed by atoms with Gasteiger partial charge in [-0.2, -0.15) is 0 Å². The molecule has 8 heteroatoms. The number of rotatable bonds is 5. The monoisotopic (exact) mass is 400 g/mol. The Hall–Kier alpha value is -3.39. The summed E-state index contributed by atoms with van der Waals surface area (Å²) in [5, 5.41) is 29.9. The number of carbonyl (C=O) groups is 1. The molecule has 4 atom stereocenters. The Bertz CT molecular complexity index is 983. The molecule has 1 aliphatic heterocycles. The number of hydrogen-bond donors (Lipinski definition) is 3. The molecule has 3 N–H and O–H groups in total. The number of fused-ring (bicyclic) bond motifs is 1. The second kappa shape index (κ2) is 7.21. The van der Waals surface area contributed by atoms with E-state index in [0.29, 0.717) is 11.3 Å². The lowest BCUT2D eigenvalue weighted by Gasteiger charge is -2.19. The average Bonchev–Trinajstić information content (AvgIpc) is 3.22. The summed E-state index contributed by atoms with van der Waals surface area (Å²) >= 11 is 0. The van der Waals surface area contributed by atoms with Crippen LogP contribution in [-0.4, -0.2) is 41.6 Å². The Labute approximate surface area is 166 Å². The molecule has 152 valence electrons. The van der Waals surface area contributed by atoms with Crippen LogP contribution in [0.4, 0.5) is 0 Å². The Balaban J connectivity index is 1.66. The lowest BCUT2D eigenvalue weighted by Crippen LogP contribution is -2.26. The standard InChI is InChI=1S/C21H20O8/c1-26-16-7-10(3-5-12(16)22)20-18-14(24)9-15(25)19(18)21(29-20)28-11-4-6-13(23)17(8-11)27-2/h3-9,18-23,25H,1-2H3/t18-,19+,20-,21-/m0/s1. The summed E-state index contributed by atoms with van der Waals surface area (Å²) in [7, 11) is 2.84. The van der Waals surface area contributed by atoms with Crippen LogP contribution in [0.15, 0.2) is 48.2 Å². The number of carbonyl (C=O) groups excluding carboxylic acids is 1. The predicted molar refractivity (Wildman–Crippen MR) is 100 cm³/mol. The molecule has 0 spiro atoms. The minimum absolute atomic E-state index is 0.0338. The largest absolute Gasteiger partial charge is 0.512 e. The molecule has 0 aromatic heterocycles. The van der Waals surface area contributed by atoms with E-state index >= 15 is 0 Å². The minimum atomic E-state index is -0.943. The Morgan fingerprint density at radius 3 is 2.24 bits per heavy atom. The zero-order valence-corrected chi connectivity index (χ0v) is 15.7. The third kappa shape index (κ3) is 3.21. The quantitative estimate of drug-likeness (QED) is 0.702. The molecule has 4 rings (SSSR count). The topological polar surface area (TPSA) is 115 Å². The van der Waals surface area contributed by atoms with Gasteiger partial charge in [-0.05, 0) is 29.8 Å². The molecule has 8 nitrogen and oxygen atoms in total. The molecule has 1 heterocycles. The number of hydrogen-bond acceptors (Lipinski definition) is 8. The number of aromatic hydroxyl groups is 2. The maximum absolute atomic E-state index is 12.5. The van der Waals surface area contributed by atoms with E-state index in [2.05, 4.69) is 0 Å². The third-order valence-corrected chi connectivity index (χ3v) is 5.18. The van der Waals surface area contributed by atoms with Crippen LogP contribution in [0, 0.1) is 11.8 Å². The molecule has 0 bridgehead atoms. The predicted octanol–water partition coefficient (Wildman–Crippen LogP) is 2.85. The van der Waals surface area contributed by atoms with E-state index in [1.165, 1.54) is 44.6 Å². The summed E-state index contributed by atoms with van der Waals surface area (Å²) < 4.78 is 22.1. The maximum atomic E-state index is 12.5. The van der Waals surface area contributed by atoms with Gasteiger partial charge in [-0.25, -0.2) is 0 Å². The zero-order valence-electron chi connectivity index (χ0n) is 15.7. The molecular weight excluding hydrogens is 380 g/mol. The van der Waals surface area contributed by atoms with Gasteiger partial charge < -0.3 is 34.3 Å². The van der Waals surface area contributed by atoms with Gasteiger partial charge in [0.1, 0.15) is 11.5 Å². The molecule has 0 amide bonds. The van der Waals surface area contributed by atoms with Crippen molar-refractivity contribution >= 4 is 5.78 Å². The summed E-state index contributed by atoms with van der Waals surface area (Å²) in [5.74, 6) is -0.994.